The Morgan fingerprint density at radius 1 is 1.07 bits per heavy atom. The van der Waals surface area contributed by atoms with Crippen molar-refractivity contribution < 1.29 is 64.7 Å². The van der Waals surface area contributed by atoms with Gasteiger partial charge in [-0.2, -0.15) is 0 Å². The molecular formula is C26H33N3O13. The first kappa shape index (κ1) is 32.5. The number of likely N-dealkylation sites (N-methyl/N-ethyl adjacent to an activating group) is 1. The molecule has 0 spiro atoms. The number of nitrogens with one attached hydrogen (secondary N) is 1. The average molecular weight is 596 g/mol. The van der Waals surface area contributed by atoms with E-state index >= 15 is 0 Å². The second kappa shape index (κ2) is 12.5. The van der Waals surface area contributed by atoms with Crippen molar-refractivity contribution in [2.45, 2.75) is 30.5 Å². The molecule has 0 radical (unpaired) electrons. The molecule has 2 aliphatic heterocycles. The summed E-state index contributed by atoms with van der Waals surface area (Å²) in [5, 5.41) is 84.3. The fourth-order valence-electron chi connectivity index (χ4n) is 4.33. The van der Waals surface area contributed by atoms with Crippen molar-refractivity contribution in [2.75, 3.05) is 39.9 Å². The van der Waals surface area contributed by atoms with Crippen LogP contribution in [0, 0.1) is 0 Å². The van der Waals surface area contributed by atoms with E-state index in [9.17, 15) is 55.2 Å². The van der Waals surface area contributed by atoms with Gasteiger partial charge in [-0.25, -0.2) is 0 Å². The molecule has 0 aliphatic carbocycles. The van der Waals surface area contributed by atoms with Crippen molar-refractivity contribution in [3.05, 3.63) is 70.6 Å². The van der Waals surface area contributed by atoms with Crippen LogP contribution in [-0.4, -0.2) is 126 Å². The lowest BCUT2D eigenvalue weighted by Gasteiger charge is -2.45. The number of carbonyl (C=O) groups excluding carboxylic acids is 3. The molecular weight excluding hydrogens is 562 g/mol. The summed E-state index contributed by atoms with van der Waals surface area (Å²) in [4.78, 5) is 39.1. The third kappa shape index (κ3) is 5.95. The molecule has 3 rings (SSSR count). The van der Waals surface area contributed by atoms with Gasteiger partial charge in [-0.15, -0.1) is 0 Å². The molecule has 2 saturated heterocycles. The molecule has 1 atom stereocenters. The zero-order chi connectivity index (χ0) is 31.5. The lowest BCUT2D eigenvalue weighted by molar-refractivity contribution is -0.399. The predicted octanol–water partition coefficient (Wildman–Crippen LogP) is -2.47. The number of morpholine rings is 1. The third-order valence-corrected chi connectivity index (χ3v) is 6.87. The summed E-state index contributed by atoms with van der Waals surface area (Å²) in [7, 11) is 0.861. The molecule has 2 heterocycles. The molecule has 0 saturated carbocycles. The van der Waals surface area contributed by atoms with E-state index in [0.29, 0.717) is 25.3 Å². The van der Waals surface area contributed by atoms with Crippen LogP contribution in [0.1, 0.15) is 11.1 Å². The number of aliphatic hydroxyl groups excluding tert-OH is 3. The van der Waals surface area contributed by atoms with Gasteiger partial charge in [-0.05, 0) is 11.1 Å². The Hall–Kier alpha value is -4.03. The largest absolute Gasteiger partial charge is 0.505 e. The number of aldehydes is 1. The summed E-state index contributed by atoms with van der Waals surface area (Å²) in [6.07, 6.45) is -0.684. The monoisotopic (exact) mass is 595 g/mol. The highest BCUT2D eigenvalue weighted by atomic mass is 16.6. The molecule has 16 nitrogen and oxygen atoms in total. The van der Waals surface area contributed by atoms with E-state index in [1.165, 1.54) is 0 Å². The van der Waals surface area contributed by atoms with E-state index < -0.39 is 70.6 Å². The topological polar surface area (TPSA) is 250 Å². The maximum Gasteiger partial charge on any atom is 0.306 e. The summed E-state index contributed by atoms with van der Waals surface area (Å²) in [6, 6.07) is 7.09. The van der Waals surface area contributed by atoms with E-state index in [1.54, 1.807) is 17.4 Å². The van der Waals surface area contributed by atoms with Gasteiger partial charge in [0.25, 0.3) is 29.3 Å². The van der Waals surface area contributed by atoms with Gasteiger partial charge in [0.15, 0.2) is 17.8 Å². The van der Waals surface area contributed by atoms with Crippen molar-refractivity contribution in [3.63, 3.8) is 0 Å². The fourth-order valence-corrected chi connectivity index (χ4v) is 4.33. The zero-order valence-corrected chi connectivity index (χ0v) is 22.6. The van der Waals surface area contributed by atoms with E-state index in [-0.39, 0.29) is 11.5 Å². The fraction of sp³-hybridized carbons (Fsp3) is 0.423. The number of benzene rings is 1. The molecule has 1 aromatic rings. The highest BCUT2D eigenvalue weighted by molar-refractivity contribution is 6.04. The second-order valence-corrected chi connectivity index (χ2v) is 9.61. The van der Waals surface area contributed by atoms with E-state index in [2.05, 4.69) is 11.5 Å². The number of hydrogen-bond acceptors (Lipinski definition) is 14. The minimum absolute atomic E-state index is 0.103. The van der Waals surface area contributed by atoms with Crippen LogP contribution in [0.2, 0.25) is 0 Å². The first-order valence-electron chi connectivity index (χ1n) is 12.5. The van der Waals surface area contributed by atoms with Gasteiger partial charge < -0.3 is 55.6 Å². The number of rotatable bonds is 11. The maximum absolute atomic E-state index is 13.2. The quantitative estimate of drug-likeness (QED) is 0.0557. The Kier molecular flexibility index (Phi) is 9.63. The maximum atomic E-state index is 13.2. The van der Waals surface area contributed by atoms with Crippen LogP contribution in [0.15, 0.2) is 59.5 Å². The number of ether oxygens (including phenoxy) is 2. The number of aliphatic hydroxyl groups is 8. The van der Waals surface area contributed by atoms with Crippen LogP contribution in [0.25, 0.3) is 0 Å². The van der Waals surface area contributed by atoms with E-state index in [1.807, 2.05) is 12.1 Å². The van der Waals surface area contributed by atoms with Gasteiger partial charge >= 0.3 is 5.79 Å². The molecule has 1 unspecified atom stereocenters. The highest BCUT2D eigenvalue weighted by Gasteiger charge is 2.70. The van der Waals surface area contributed by atoms with Crippen LogP contribution in [0.4, 0.5) is 0 Å². The van der Waals surface area contributed by atoms with Gasteiger partial charge in [0.1, 0.15) is 6.61 Å². The predicted molar refractivity (Wildman–Crippen MR) is 140 cm³/mol. The summed E-state index contributed by atoms with van der Waals surface area (Å²) in [5.74, 6) is -15.7. The normalized spacial score (nSPS) is 20.5. The first-order chi connectivity index (χ1) is 19.6. The molecule has 2 fully saturated rings. The van der Waals surface area contributed by atoms with Gasteiger partial charge in [0.2, 0.25) is 0 Å². The molecule has 0 bridgehead atoms. The van der Waals surface area contributed by atoms with Crippen LogP contribution >= 0.6 is 0 Å². The molecule has 16 heteroatoms. The minimum atomic E-state index is -4.48. The SMILES string of the molecule is C=C(O)/C(O)=C1/C(=O)N(C(O)(C=O)C(O)(O)C(O)(O)C(=O)NC)C/C1=C(/O)OCc1ccc(CN2CCOCC2)cc1. The van der Waals surface area contributed by atoms with Gasteiger partial charge in [0, 0.05) is 26.7 Å². The number of likely N-dealkylation sites (tertiary alicyclic amines) is 1. The standard InChI is InChI=1S/C26H33N3O13/c1-15(31)20(32)19-18(12-29(21(19)33)24(36,14-30)26(39,40)25(37,38)23(35)27-2)22(34)42-13-17-5-3-16(4-6-17)11-28-7-9-41-10-8-28/h3-6,14,31-32,34,36-40H,1,7-13H2,2H3,(H,27,35)/b20-19-,22-18+. The van der Waals surface area contributed by atoms with Gasteiger partial charge in [0.05, 0.1) is 30.9 Å². The van der Waals surface area contributed by atoms with Crippen molar-refractivity contribution in [3.8, 4) is 0 Å². The second-order valence-electron chi connectivity index (χ2n) is 9.61. The minimum Gasteiger partial charge on any atom is -0.505 e. The summed E-state index contributed by atoms with van der Waals surface area (Å²) in [6.45, 7) is 5.21. The molecule has 2 amide bonds. The number of amides is 2. The van der Waals surface area contributed by atoms with Crippen LogP contribution in [0.5, 0.6) is 0 Å². The Balaban J connectivity index is 1.91. The van der Waals surface area contributed by atoms with Crippen LogP contribution in [0.3, 0.4) is 0 Å². The molecule has 9 N–H and O–H groups in total. The number of hydrogen-bond donors (Lipinski definition) is 9. The number of nitrogens with zero attached hydrogens (tertiary/aromatic N) is 2. The lowest BCUT2D eigenvalue weighted by atomic mass is 9.92. The summed E-state index contributed by atoms with van der Waals surface area (Å²) in [5.41, 5.74) is -4.09. The Bertz CT molecular complexity index is 1280. The van der Waals surface area contributed by atoms with E-state index in [0.717, 1.165) is 25.7 Å². The van der Waals surface area contributed by atoms with Crippen molar-refractivity contribution in [2.24, 2.45) is 0 Å². The Labute approximate surface area is 239 Å². The van der Waals surface area contributed by atoms with E-state index in [4.69, 9.17) is 9.47 Å². The number of carbonyl (C=O) groups is 3. The average Bonchev–Trinajstić information content (AvgIpc) is 3.32. The van der Waals surface area contributed by atoms with Crippen LogP contribution < -0.4 is 5.32 Å². The zero-order valence-electron chi connectivity index (χ0n) is 22.6. The van der Waals surface area contributed by atoms with Crippen molar-refractivity contribution >= 4 is 18.1 Å². The molecule has 2 aliphatic rings. The van der Waals surface area contributed by atoms with Gasteiger partial charge in [-0.3, -0.25) is 24.2 Å². The summed E-state index contributed by atoms with van der Waals surface area (Å²) < 4.78 is 10.7. The van der Waals surface area contributed by atoms with Gasteiger partial charge in [-0.1, -0.05) is 30.8 Å². The third-order valence-electron chi connectivity index (χ3n) is 6.87. The molecule has 42 heavy (non-hydrogen) atoms. The lowest BCUT2D eigenvalue weighted by Crippen LogP contribution is -2.78. The van der Waals surface area contributed by atoms with Crippen molar-refractivity contribution in [1.82, 2.24) is 15.1 Å². The Morgan fingerprint density at radius 2 is 1.64 bits per heavy atom. The van der Waals surface area contributed by atoms with Crippen molar-refractivity contribution in [1.29, 1.82) is 0 Å². The molecule has 230 valence electrons. The van der Waals surface area contributed by atoms with Crippen LogP contribution in [-0.2, 0) is 37.0 Å². The Morgan fingerprint density at radius 3 is 2.17 bits per heavy atom. The highest BCUT2D eigenvalue weighted by Crippen LogP contribution is 2.39. The first-order valence-corrected chi connectivity index (χ1v) is 12.5. The molecule has 1 aromatic carbocycles. The smallest absolute Gasteiger partial charge is 0.306 e. The molecule has 0 aromatic heterocycles. The summed E-state index contributed by atoms with van der Waals surface area (Å²) >= 11 is 0.